The highest BCUT2D eigenvalue weighted by atomic mass is 28.4. The van der Waals surface area contributed by atoms with Crippen LogP contribution in [0.1, 0.15) is 66.6 Å². The molecule has 148 valence electrons. The maximum absolute atomic E-state index is 6.99. The summed E-state index contributed by atoms with van der Waals surface area (Å²) in [6.45, 7) is 17.3. The number of rotatable bonds is 7. The minimum absolute atomic E-state index is 0.0112. The zero-order valence-corrected chi connectivity index (χ0v) is 19.0. The summed E-state index contributed by atoms with van der Waals surface area (Å²) in [4.78, 5) is 2.32. The Hall–Kier alpha value is -0.683. The molecule has 3 nitrogen and oxygen atoms in total. The molecule has 1 aromatic rings. The second-order valence-electron chi connectivity index (χ2n) is 8.84. The summed E-state index contributed by atoms with van der Waals surface area (Å²) in [6, 6.07) is 10.6. The average molecular weight is 378 g/mol. The molecule has 4 heteroatoms. The Kier molecular flexibility index (Phi) is 7.49. The molecule has 1 saturated heterocycles. The number of benzene rings is 1. The Morgan fingerprint density at radius 3 is 2.00 bits per heavy atom. The van der Waals surface area contributed by atoms with Crippen molar-refractivity contribution in [3.63, 3.8) is 0 Å². The Labute approximate surface area is 162 Å². The summed E-state index contributed by atoms with van der Waals surface area (Å²) in [5, 5.41) is 0. The van der Waals surface area contributed by atoms with E-state index in [4.69, 9.17) is 9.16 Å². The summed E-state index contributed by atoms with van der Waals surface area (Å²) in [6.07, 6.45) is 1.28. The van der Waals surface area contributed by atoms with E-state index in [0.717, 1.165) is 13.0 Å². The van der Waals surface area contributed by atoms with Crippen LogP contribution < -0.4 is 0 Å². The third-order valence-corrected chi connectivity index (χ3v) is 12.3. The molecule has 0 saturated carbocycles. The second kappa shape index (κ2) is 9.00. The van der Waals surface area contributed by atoms with Gasteiger partial charge in [-0.3, -0.25) is 4.90 Å². The Bertz CT molecular complexity index is 525. The largest absolute Gasteiger partial charge is 0.409 e. The highest BCUT2D eigenvalue weighted by Gasteiger charge is 2.47. The van der Waals surface area contributed by atoms with Gasteiger partial charge in [0.05, 0.1) is 12.2 Å². The van der Waals surface area contributed by atoms with Crippen molar-refractivity contribution in [3.8, 4) is 0 Å². The van der Waals surface area contributed by atoms with Crippen molar-refractivity contribution in [2.24, 2.45) is 0 Å². The van der Waals surface area contributed by atoms with Gasteiger partial charge in [-0.15, -0.1) is 0 Å². The lowest BCUT2D eigenvalue weighted by Crippen LogP contribution is -2.56. The Balaban J connectivity index is 2.19. The van der Waals surface area contributed by atoms with Gasteiger partial charge in [0.1, 0.15) is 6.23 Å². The van der Waals surface area contributed by atoms with Gasteiger partial charge in [-0.05, 0) is 42.6 Å². The number of hydrogen-bond acceptors (Lipinski definition) is 3. The number of likely N-dealkylation sites (N-methyl/N-ethyl adjacent to an activating group) is 1. The third-order valence-electron chi connectivity index (χ3n) is 6.15. The molecular formula is C22H39NO2Si. The van der Waals surface area contributed by atoms with E-state index in [-0.39, 0.29) is 18.4 Å². The number of ether oxygens (including phenoxy) is 1. The van der Waals surface area contributed by atoms with Crippen LogP contribution >= 0.6 is 0 Å². The van der Waals surface area contributed by atoms with Crippen molar-refractivity contribution in [2.75, 3.05) is 13.6 Å². The van der Waals surface area contributed by atoms with Gasteiger partial charge in [-0.2, -0.15) is 0 Å². The fourth-order valence-electron chi connectivity index (χ4n) is 4.96. The molecule has 1 aromatic carbocycles. The lowest BCUT2D eigenvalue weighted by molar-refractivity contribution is -0.171. The normalized spacial score (nSPS) is 23.8. The third kappa shape index (κ3) is 4.41. The fourth-order valence-corrected chi connectivity index (χ4v) is 10.5. The topological polar surface area (TPSA) is 21.7 Å². The zero-order chi connectivity index (χ0) is 19.5. The van der Waals surface area contributed by atoms with Gasteiger partial charge in [0.2, 0.25) is 8.32 Å². The molecule has 2 rings (SSSR count). The monoisotopic (exact) mass is 377 g/mol. The molecule has 1 aliphatic heterocycles. The van der Waals surface area contributed by atoms with Crippen LogP contribution in [0.4, 0.5) is 0 Å². The van der Waals surface area contributed by atoms with Crippen molar-refractivity contribution in [3.05, 3.63) is 35.9 Å². The molecule has 1 aliphatic rings. The van der Waals surface area contributed by atoms with Gasteiger partial charge < -0.3 is 9.16 Å². The van der Waals surface area contributed by atoms with E-state index in [1.54, 1.807) is 0 Å². The molecule has 0 radical (unpaired) electrons. The Morgan fingerprint density at radius 2 is 1.50 bits per heavy atom. The molecule has 1 fully saturated rings. The zero-order valence-electron chi connectivity index (χ0n) is 18.0. The molecule has 0 unspecified atom stereocenters. The van der Waals surface area contributed by atoms with Crippen molar-refractivity contribution in [2.45, 2.75) is 89.9 Å². The van der Waals surface area contributed by atoms with Crippen LogP contribution in [0, 0.1) is 0 Å². The minimum atomic E-state index is -1.91. The van der Waals surface area contributed by atoms with Gasteiger partial charge in [0, 0.05) is 6.54 Å². The molecule has 3 atom stereocenters. The summed E-state index contributed by atoms with van der Waals surface area (Å²) < 4.78 is 13.5. The van der Waals surface area contributed by atoms with E-state index in [1.165, 1.54) is 5.56 Å². The van der Waals surface area contributed by atoms with Crippen LogP contribution in [0.5, 0.6) is 0 Å². The smallest absolute Gasteiger partial charge is 0.200 e. The van der Waals surface area contributed by atoms with Crippen LogP contribution in [0.2, 0.25) is 16.6 Å². The van der Waals surface area contributed by atoms with Gasteiger partial charge in [-0.1, -0.05) is 71.9 Å². The van der Waals surface area contributed by atoms with Crippen molar-refractivity contribution >= 4 is 8.32 Å². The lowest BCUT2D eigenvalue weighted by Gasteiger charge is -2.48. The molecule has 1 heterocycles. The van der Waals surface area contributed by atoms with Crippen molar-refractivity contribution in [1.29, 1.82) is 0 Å². The van der Waals surface area contributed by atoms with E-state index >= 15 is 0 Å². The highest BCUT2D eigenvalue weighted by Crippen LogP contribution is 2.44. The van der Waals surface area contributed by atoms with E-state index in [9.17, 15) is 0 Å². The first-order chi connectivity index (χ1) is 12.2. The van der Waals surface area contributed by atoms with Crippen LogP contribution in [0.25, 0.3) is 0 Å². The molecule has 26 heavy (non-hydrogen) atoms. The predicted octanol–water partition coefficient (Wildman–Crippen LogP) is 5.99. The minimum Gasteiger partial charge on any atom is -0.409 e. The molecule has 0 amide bonds. The molecule has 0 aliphatic carbocycles. The van der Waals surface area contributed by atoms with Crippen molar-refractivity contribution in [1.82, 2.24) is 4.90 Å². The quantitative estimate of drug-likeness (QED) is 0.545. The van der Waals surface area contributed by atoms with Crippen LogP contribution in [0.3, 0.4) is 0 Å². The van der Waals surface area contributed by atoms with Gasteiger partial charge >= 0.3 is 0 Å². The maximum Gasteiger partial charge on any atom is 0.200 e. The molecule has 0 bridgehead atoms. The second-order valence-corrected chi connectivity index (χ2v) is 14.2. The number of hydrogen-bond donors (Lipinski definition) is 0. The Morgan fingerprint density at radius 1 is 0.962 bits per heavy atom. The van der Waals surface area contributed by atoms with Gasteiger partial charge in [0.25, 0.3) is 0 Å². The highest BCUT2D eigenvalue weighted by molar-refractivity contribution is 6.77. The summed E-state index contributed by atoms with van der Waals surface area (Å²) in [7, 11) is 0.250. The van der Waals surface area contributed by atoms with Crippen LogP contribution in [-0.4, -0.2) is 39.1 Å². The van der Waals surface area contributed by atoms with Crippen molar-refractivity contribution < 1.29 is 9.16 Å². The predicted molar refractivity (Wildman–Crippen MR) is 113 cm³/mol. The molecule has 0 spiro atoms. The average Bonchev–Trinajstić information content (AvgIpc) is 2.59. The van der Waals surface area contributed by atoms with E-state index in [0.29, 0.717) is 16.6 Å². The first-order valence-electron chi connectivity index (χ1n) is 10.3. The fraction of sp³-hybridized carbons (Fsp3) is 0.727. The van der Waals surface area contributed by atoms with Crippen LogP contribution in [0.15, 0.2) is 30.3 Å². The summed E-state index contributed by atoms with van der Waals surface area (Å²) in [5.74, 6) is 0. The first kappa shape index (κ1) is 21.6. The van der Waals surface area contributed by atoms with E-state index in [1.807, 2.05) is 0 Å². The summed E-state index contributed by atoms with van der Waals surface area (Å²) >= 11 is 0. The standard InChI is InChI=1S/C22H39NO2Si/c1-16(2)26(17(3)4,18(5)6)25-19(7)22-23(8)15-14-21(24-22)20-12-10-9-11-13-20/h9-13,16-19,21-22H,14-15H2,1-8H3/t19-,21-,22+/m0/s1. The number of nitrogens with zero attached hydrogens (tertiary/aromatic N) is 1. The van der Waals surface area contributed by atoms with E-state index < -0.39 is 8.32 Å². The van der Waals surface area contributed by atoms with Crippen LogP contribution in [-0.2, 0) is 9.16 Å². The SMILES string of the molecule is CC(C)[Si](O[C@@H](C)[C@H]1O[C@H](c2ccccc2)CCN1C)(C(C)C)C(C)C. The molecule has 0 aromatic heterocycles. The maximum atomic E-state index is 6.99. The van der Waals surface area contributed by atoms with E-state index in [2.05, 4.69) is 90.7 Å². The molecule has 0 N–H and O–H groups in total. The molecular weight excluding hydrogens is 338 g/mol. The summed E-state index contributed by atoms with van der Waals surface area (Å²) in [5.41, 5.74) is 3.04. The van der Waals surface area contributed by atoms with Gasteiger partial charge in [0.15, 0.2) is 0 Å². The first-order valence-corrected chi connectivity index (χ1v) is 12.4. The van der Waals surface area contributed by atoms with Gasteiger partial charge in [-0.25, -0.2) is 0 Å². The lowest BCUT2D eigenvalue weighted by atomic mass is 10.0.